The van der Waals surface area contributed by atoms with Crippen LogP contribution in [0.4, 0.5) is 0 Å². The molecule has 0 spiro atoms. The Morgan fingerprint density at radius 1 is 1.03 bits per heavy atom. The number of nitrogens with zero attached hydrogens (tertiary/aromatic N) is 1. The van der Waals surface area contributed by atoms with E-state index in [-0.39, 0.29) is 25.0 Å². The highest BCUT2D eigenvalue weighted by molar-refractivity contribution is 6.42. The molecule has 2 amide bonds. The molecule has 6 nitrogen and oxygen atoms in total. The third kappa shape index (κ3) is 7.33. The van der Waals surface area contributed by atoms with Crippen molar-refractivity contribution in [1.82, 2.24) is 10.2 Å². The molecule has 1 N–H and O–H groups in total. The molecule has 31 heavy (non-hydrogen) atoms. The van der Waals surface area contributed by atoms with Gasteiger partial charge in [0.2, 0.25) is 5.91 Å². The quantitative estimate of drug-likeness (QED) is 0.556. The third-order valence-corrected chi connectivity index (χ3v) is 5.35. The summed E-state index contributed by atoms with van der Waals surface area (Å²) in [5.41, 5.74) is 0.753. The second-order valence-electron chi connectivity index (χ2n) is 7.52. The Morgan fingerprint density at radius 3 is 2.32 bits per heavy atom. The Labute approximate surface area is 193 Å². The van der Waals surface area contributed by atoms with Crippen LogP contribution in [-0.4, -0.2) is 43.0 Å². The topological polar surface area (TPSA) is 67.9 Å². The number of rotatable bonds is 10. The van der Waals surface area contributed by atoms with Crippen molar-refractivity contribution in [3.8, 4) is 11.5 Å². The van der Waals surface area contributed by atoms with Crippen molar-refractivity contribution < 1.29 is 19.1 Å². The first kappa shape index (κ1) is 24.8. The minimum Gasteiger partial charge on any atom is -0.493 e. The van der Waals surface area contributed by atoms with Crippen molar-refractivity contribution in [1.29, 1.82) is 0 Å². The number of carbonyl (C=O) groups excluding carboxylic acids is 2. The van der Waals surface area contributed by atoms with E-state index in [2.05, 4.69) is 5.32 Å². The fourth-order valence-corrected chi connectivity index (χ4v) is 3.15. The van der Waals surface area contributed by atoms with Crippen molar-refractivity contribution in [2.75, 3.05) is 20.3 Å². The van der Waals surface area contributed by atoms with Crippen LogP contribution in [0, 0.1) is 5.92 Å². The monoisotopic (exact) mass is 466 g/mol. The van der Waals surface area contributed by atoms with E-state index in [1.165, 1.54) is 12.0 Å². The highest BCUT2D eigenvalue weighted by Crippen LogP contribution is 2.26. The summed E-state index contributed by atoms with van der Waals surface area (Å²) in [6.45, 7) is 6.16. The molecule has 0 saturated carbocycles. The molecule has 0 bridgehead atoms. The Bertz CT molecular complexity index is 905. The van der Waals surface area contributed by atoms with E-state index in [1.54, 1.807) is 43.3 Å². The van der Waals surface area contributed by atoms with Crippen molar-refractivity contribution in [2.45, 2.75) is 33.4 Å². The van der Waals surface area contributed by atoms with Gasteiger partial charge >= 0.3 is 0 Å². The van der Waals surface area contributed by atoms with Gasteiger partial charge in [-0.1, -0.05) is 55.2 Å². The van der Waals surface area contributed by atoms with Gasteiger partial charge in [0.25, 0.3) is 5.91 Å². The predicted molar refractivity (Wildman–Crippen MR) is 123 cm³/mol. The molecule has 0 aliphatic carbocycles. The maximum Gasteiger partial charge on any atom is 0.261 e. The van der Waals surface area contributed by atoms with Crippen LogP contribution < -0.4 is 14.8 Å². The fraction of sp³-hybridized carbons (Fsp3) is 0.391. The first-order chi connectivity index (χ1) is 14.7. The maximum atomic E-state index is 13.1. The van der Waals surface area contributed by atoms with Crippen LogP contribution >= 0.6 is 23.2 Å². The lowest BCUT2D eigenvalue weighted by Crippen LogP contribution is -2.49. The van der Waals surface area contributed by atoms with E-state index in [0.29, 0.717) is 34.0 Å². The van der Waals surface area contributed by atoms with E-state index >= 15 is 0 Å². The van der Waals surface area contributed by atoms with Crippen molar-refractivity contribution in [3.05, 3.63) is 58.1 Å². The predicted octanol–water partition coefficient (Wildman–Crippen LogP) is 4.57. The van der Waals surface area contributed by atoms with E-state index < -0.39 is 6.04 Å². The van der Waals surface area contributed by atoms with E-state index in [0.717, 1.165) is 5.56 Å². The van der Waals surface area contributed by atoms with Crippen molar-refractivity contribution in [3.63, 3.8) is 0 Å². The summed E-state index contributed by atoms with van der Waals surface area (Å²) in [5.74, 6) is 0.687. The van der Waals surface area contributed by atoms with Crippen LogP contribution in [0.25, 0.3) is 0 Å². The van der Waals surface area contributed by atoms with Gasteiger partial charge in [-0.2, -0.15) is 0 Å². The Hall–Kier alpha value is -2.44. The summed E-state index contributed by atoms with van der Waals surface area (Å²) in [6.07, 6.45) is 0. The molecule has 8 heteroatoms. The van der Waals surface area contributed by atoms with Crippen LogP contribution in [0.15, 0.2) is 42.5 Å². The second kappa shape index (κ2) is 11.8. The second-order valence-corrected chi connectivity index (χ2v) is 8.34. The molecule has 1 unspecified atom stereocenters. The fourth-order valence-electron chi connectivity index (χ4n) is 2.83. The smallest absolute Gasteiger partial charge is 0.261 e. The molecule has 0 aliphatic heterocycles. The number of para-hydroxylation sites is 2. The molecular formula is C23H28Cl2N2O4. The average Bonchev–Trinajstić information content (AvgIpc) is 2.76. The van der Waals surface area contributed by atoms with Crippen LogP contribution in [0.2, 0.25) is 10.0 Å². The lowest BCUT2D eigenvalue weighted by atomic mass is 10.1. The number of benzene rings is 2. The van der Waals surface area contributed by atoms with Gasteiger partial charge in [-0.15, -0.1) is 0 Å². The van der Waals surface area contributed by atoms with Crippen LogP contribution in [0.5, 0.6) is 11.5 Å². The van der Waals surface area contributed by atoms with Gasteiger partial charge in [-0.05, 0) is 42.7 Å². The molecular weight excluding hydrogens is 439 g/mol. The summed E-state index contributed by atoms with van der Waals surface area (Å²) in [5, 5.41) is 3.68. The number of methoxy groups -OCH3 is 1. The molecule has 2 aromatic rings. The van der Waals surface area contributed by atoms with E-state index in [1.807, 2.05) is 19.9 Å². The lowest BCUT2D eigenvalue weighted by molar-refractivity contribution is -0.142. The molecule has 0 heterocycles. The first-order valence-corrected chi connectivity index (χ1v) is 10.8. The summed E-state index contributed by atoms with van der Waals surface area (Å²) < 4.78 is 10.9. The van der Waals surface area contributed by atoms with Crippen molar-refractivity contribution >= 4 is 35.0 Å². The van der Waals surface area contributed by atoms with E-state index in [4.69, 9.17) is 32.7 Å². The third-order valence-electron chi connectivity index (χ3n) is 4.61. The Kier molecular flexibility index (Phi) is 9.46. The molecule has 0 saturated heterocycles. The zero-order valence-electron chi connectivity index (χ0n) is 18.2. The van der Waals surface area contributed by atoms with Crippen LogP contribution in [0.3, 0.4) is 0 Å². The molecule has 2 rings (SSSR count). The minimum absolute atomic E-state index is 0.182. The minimum atomic E-state index is -0.707. The largest absolute Gasteiger partial charge is 0.493 e. The summed E-state index contributed by atoms with van der Waals surface area (Å²) >= 11 is 12.1. The highest BCUT2D eigenvalue weighted by atomic mass is 35.5. The normalized spacial score (nSPS) is 11.7. The van der Waals surface area contributed by atoms with Gasteiger partial charge in [0.15, 0.2) is 18.1 Å². The average molecular weight is 467 g/mol. The van der Waals surface area contributed by atoms with Gasteiger partial charge < -0.3 is 19.7 Å². The molecule has 0 aromatic heterocycles. The standard InChI is InChI=1S/C23H28Cl2N2O4/c1-15(2)12-26-23(29)16(3)27(13-17-9-10-18(24)19(25)11-17)22(28)14-31-21-8-6-5-7-20(21)30-4/h5-11,15-16H,12-14H2,1-4H3,(H,26,29). The van der Waals surface area contributed by atoms with Crippen molar-refractivity contribution in [2.24, 2.45) is 5.92 Å². The lowest BCUT2D eigenvalue weighted by Gasteiger charge is -2.29. The first-order valence-electron chi connectivity index (χ1n) is 9.99. The Balaban J connectivity index is 2.19. The number of carbonyl (C=O) groups is 2. The molecule has 0 fully saturated rings. The SMILES string of the molecule is COc1ccccc1OCC(=O)N(Cc1ccc(Cl)c(Cl)c1)C(C)C(=O)NCC(C)C. The number of hydrogen-bond donors (Lipinski definition) is 1. The molecule has 1 atom stereocenters. The number of ether oxygens (including phenoxy) is 2. The van der Waals surface area contributed by atoms with Gasteiger partial charge in [0, 0.05) is 13.1 Å². The summed E-state index contributed by atoms with van der Waals surface area (Å²) in [4.78, 5) is 27.2. The van der Waals surface area contributed by atoms with Gasteiger partial charge in [0.05, 0.1) is 17.2 Å². The zero-order valence-corrected chi connectivity index (χ0v) is 19.7. The number of amides is 2. The van der Waals surface area contributed by atoms with Gasteiger partial charge in [-0.25, -0.2) is 0 Å². The van der Waals surface area contributed by atoms with Gasteiger partial charge in [0.1, 0.15) is 6.04 Å². The van der Waals surface area contributed by atoms with E-state index in [9.17, 15) is 9.59 Å². The number of hydrogen-bond acceptors (Lipinski definition) is 4. The van der Waals surface area contributed by atoms with Crippen LogP contribution in [-0.2, 0) is 16.1 Å². The molecule has 2 aromatic carbocycles. The molecule has 0 radical (unpaired) electrons. The zero-order chi connectivity index (χ0) is 23.0. The maximum absolute atomic E-state index is 13.1. The number of halogens is 2. The number of nitrogens with one attached hydrogen (secondary N) is 1. The molecule has 0 aliphatic rings. The van der Waals surface area contributed by atoms with Crippen LogP contribution in [0.1, 0.15) is 26.3 Å². The van der Waals surface area contributed by atoms with Gasteiger partial charge in [-0.3, -0.25) is 9.59 Å². The summed E-state index contributed by atoms with van der Waals surface area (Å²) in [6, 6.07) is 11.5. The highest BCUT2D eigenvalue weighted by Gasteiger charge is 2.27. The Morgan fingerprint density at radius 2 is 1.71 bits per heavy atom. The molecule has 168 valence electrons. The summed E-state index contributed by atoms with van der Waals surface area (Å²) in [7, 11) is 1.53.